The fraction of sp³-hybridized carbons (Fsp3) is 0.368. The van der Waals surface area contributed by atoms with Crippen molar-refractivity contribution >= 4 is 17.7 Å². The van der Waals surface area contributed by atoms with Crippen LogP contribution in [0.2, 0.25) is 0 Å². The molecular weight excluding hydrogens is 360 g/mol. The number of aliphatic carboxylic acids is 1. The first-order valence-corrected chi connectivity index (χ1v) is 9.49. The summed E-state index contributed by atoms with van der Waals surface area (Å²) in [5.74, 6) is -1.47. The van der Waals surface area contributed by atoms with E-state index in [9.17, 15) is 13.6 Å². The average molecular weight is 379 g/mol. The third-order valence-electron chi connectivity index (χ3n) is 4.14. The van der Waals surface area contributed by atoms with Gasteiger partial charge in [0, 0.05) is 18.1 Å². The van der Waals surface area contributed by atoms with E-state index < -0.39 is 17.6 Å². The molecule has 138 valence electrons. The van der Waals surface area contributed by atoms with Gasteiger partial charge in [0.1, 0.15) is 17.7 Å². The molecule has 0 amide bonds. The van der Waals surface area contributed by atoms with Crippen LogP contribution in [0.3, 0.4) is 0 Å². The number of pyridine rings is 1. The molecule has 0 saturated heterocycles. The first-order valence-electron chi connectivity index (χ1n) is 8.50. The van der Waals surface area contributed by atoms with Crippen molar-refractivity contribution in [1.29, 1.82) is 0 Å². The van der Waals surface area contributed by atoms with Crippen LogP contribution in [0.15, 0.2) is 35.2 Å². The molecule has 7 heteroatoms. The summed E-state index contributed by atoms with van der Waals surface area (Å²) in [5, 5.41) is 8.60. The maximum atomic E-state index is 14.3. The SMILES string of the molecule is O=C(O)CCCSc1c(F)cc(-c2cccc(OC3CCC3)n2)cc1F. The predicted octanol–water partition coefficient (Wildman–Crippen LogP) is 4.92. The topological polar surface area (TPSA) is 59.4 Å². The van der Waals surface area contributed by atoms with Crippen molar-refractivity contribution in [3.05, 3.63) is 42.0 Å². The quantitative estimate of drug-likeness (QED) is 0.521. The van der Waals surface area contributed by atoms with E-state index in [1.165, 1.54) is 12.1 Å². The molecule has 1 aliphatic carbocycles. The number of benzene rings is 1. The largest absolute Gasteiger partial charge is 0.481 e. The summed E-state index contributed by atoms with van der Waals surface area (Å²) in [6.07, 6.45) is 3.66. The molecule has 0 atom stereocenters. The van der Waals surface area contributed by atoms with E-state index in [1.54, 1.807) is 18.2 Å². The van der Waals surface area contributed by atoms with Gasteiger partial charge in [-0.3, -0.25) is 4.79 Å². The van der Waals surface area contributed by atoms with Gasteiger partial charge in [-0.25, -0.2) is 13.8 Å². The van der Waals surface area contributed by atoms with Crippen LogP contribution in [0.5, 0.6) is 5.88 Å². The minimum atomic E-state index is -0.919. The van der Waals surface area contributed by atoms with E-state index in [2.05, 4.69) is 4.98 Å². The van der Waals surface area contributed by atoms with Crippen molar-refractivity contribution in [3.63, 3.8) is 0 Å². The van der Waals surface area contributed by atoms with Crippen molar-refractivity contribution < 1.29 is 23.4 Å². The number of thioether (sulfide) groups is 1. The number of halogens is 2. The highest BCUT2D eigenvalue weighted by atomic mass is 32.2. The monoisotopic (exact) mass is 379 g/mol. The number of hydrogen-bond acceptors (Lipinski definition) is 4. The molecule has 1 aliphatic rings. The summed E-state index contributed by atoms with van der Waals surface area (Å²) in [4.78, 5) is 14.7. The summed E-state index contributed by atoms with van der Waals surface area (Å²) >= 11 is 0.983. The Morgan fingerprint density at radius 3 is 2.62 bits per heavy atom. The van der Waals surface area contributed by atoms with Gasteiger partial charge >= 0.3 is 5.97 Å². The van der Waals surface area contributed by atoms with Gasteiger partial charge in [0.05, 0.1) is 10.6 Å². The maximum absolute atomic E-state index is 14.3. The first kappa shape index (κ1) is 18.6. The number of rotatable bonds is 8. The number of aromatic nitrogens is 1. The van der Waals surface area contributed by atoms with Crippen molar-refractivity contribution in [2.45, 2.75) is 43.1 Å². The Morgan fingerprint density at radius 2 is 2.00 bits per heavy atom. The van der Waals surface area contributed by atoms with Crippen LogP contribution < -0.4 is 4.74 Å². The van der Waals surface area contributed by atoms with E-state index in [0.29, 0.717) is 29.3 Å². The molecule has 1 heterocycles. The zero-order valence-corrected chi connectivity index (χ0v) is 14.9. The van der Waals surface area contributed by atoms with Crippen LogP contribution in [0.1, 0.15) is 32.1 Å². The summed E-state index contributed by atoms with van der Waals surface area (Å²) in [6.45, 7) is 0. The molecule has 3 rings (SSSR count). The number of carbonyl (C=O) groups is 1. The van der Waals surface area contributed by atoms with E-state index in [-0.39, 0.29) is 17.4 Å². The second-order valence-corrected chi connectivity index (χ2v) is 7.25. The molecule has 1 fully saturated rings. The molecule has 0 spiro atoms. The lowest BCUT2D eigenvalue weighted by Crippen LogP contribution is -2.24. The van der Waals surface area contributed by atoms with E-state index in [0.717, 1.165) is 31.0 Å². The van der Waals surface area contributed by atoms with Crippen LogP contribution in [0, 0.1) is 11.6 Å². The zero-order chi connectivity index (χ0) is 18.5. The smallest absolute Gasteiger partial charge is 0.303 e. The number of nitrogens with zero attached hydrogens (tertiary/aromatic N) is 1. The van der Waals surface area contributed by atoms with Gasteiger partial charge in [0.2, 0.25) is 5.88 Å². The lowest BCUT2D eigenvalue weighted by Gasteiger charge is -2.25. The highest BCUT2D eigenvalue weighted by molar-refractivity contribution is 7.99. The average Bonchev–Trinajstić information content (AvgIpc) is 2.56. The molecule has 1 N–H and O–H groups in total. The standard InChI is InChI=1S/C19H19F2NO3S/c20-14-10-12(11-15(21)19(14)26-9-3-8-18(23)24)16-6-2-7-17(22-16)25-13-4-1-5-13/h2,6-7,10-11,13H,1,3-5,8-9H2,(H,23,24). The lowest BCUT2D eigenvalue weighted by molar-refractivity contribution is -0.137. The van der Waals surface area contributed by atoms with Gasteiger partial charge in [-0.05, 0) is 49.6 Å². The Morgan fingerprint density at radius 1 is 1.27 bits per heavy atom. The fourth-order valence-corrected chi connectivity index (χ4v) is 3.43. The second kappa shape index (κ2) is 8.49. The van der Waals surface area contributed by atoms with Crippen molar-refractivity contribution in [2.24, 2.45) is 0 Å². The number of ether oxygens (including phenoxy) is 1. The molecular formula is C19H19F2NO3S. The normalized spacial score (nSPS) is 14.1. The fourth-order valence-electron chi connectivity index (χ4n) is 2.54. The van der Waals surface area contributed by atoms with E-state index in [4.69, 9.17) is 9.84 Å². The van der Waals surface area contributed by atoms with Gasteiger partial charge in [-0.1, -0.05) is 6.07 Å². The van der Waals surface area contributed by atoms with Crippen molar-refractivity contribution in [3.8, 4) is 17.1 Å². The molecule has 1 aromatic carbocycles. The number of carboxylic acids is 1. The lowest BCUT2D eigenvalue weighted by atomic mass is 9.96. The molecule has 0 aliphatic heterocycles. The number of hydrogen-bond donors (Lipinski definition) is 1. The second-order valence-electron chi connectivity index (χ2n) is 6.15. The summed E-state index contributed by atoms with van der Waals surface area (Å²) in [5.41, 5.74) is 0.788. The van der Waals surface area contributed by atoms with Gasteiger partial charge in [-0.15, -0.1) is 11.8 Å². The Labute approximate surface area is 154 Å². The van der Waals surface area contributed by atoms with E-state index in [1.807, 2.05) is 0 Å². The van der Waals surface area contributed by atoms with Gasteiger partial charge in [0.15, 0.2) is 0 Å². The molecule has 0 unspecified atom stereocenters. The molecule has 2 aromatic rings. The predicted molar refractivity (Wildman–Crippen MR) is 95.4 cm³/mol. The Bertz CT molecular complexity index is 773. The van der Waals surface area contributed by atoms with Crippen molar-refractivity contribution in [2.75, 3.05) is 5.75 Å². The first-order chi connectivity index (χ1) is 12.5. The zero-order valence-electron chi connectivity index (χ0n) is 14.1. The summed E-state index contributed by atoms with van der Waals surface area (Å²) in [6, 6.07) is 7.67. The number of carboxylic acid groups (broad SMARTS) is 1. The third kappa shape index (κ3) is 4.72. The van der Waals surface area contributed by atoms with E-state index >= 15 is 0 Å². The summed E-state index contributed by atoms with van der Waals surface area (Å²) < 4.78 is 34.4. The van der Waals surface area contributed by atoms with Crippen LogP contribution in [0.4, 0.5) is 8.78 Å². The van der Waals surface area contributed by atoms with Gasteiger partial charge < -0.3 is 9.84 Å². The molecule has 0 bridgehead atoms. The van der Waals surface area contributed by atoms with Gasteiger partial charge in [-0.2, -0.15) is 0 Å². The van der Waals surface area contributed by atoms with Crippen LogP contribution in [0.25, 0.3) is 11.3 Å². The molecule has 0 radical (unpaired) electrons. The summed E-state index contributed by atoms with van der Waals surface area (Å²) in [7, 11) is 0. The molecule has 1 saturated carbocycles. The third-order valence-corrected chi connectivity index (χ3v) is 5.31. The van der Waals surface area contributed by atoms with Crippen molar-refractivity contribution in [1.82, 2.24) is 4.98 Å². The van der Waals surface area contributed by atoms with Crippen LogP contribution in [-0.4, -0.2) is 27.9 Å². The van der Waals surface area contributed by atoms with Gasteiger partial charge in [0.25, 0.3) is 0 Å². The Hall–Kier alpha value is -2.15. The maximum Gasteiger partial charge on any atom is 0.303 e. The molecule has 1 aromatic heterocycles. The van der Waals surface area contributed by atoms with Crippen LogP contribution >= 0.6 is 11.8 Å². The minimum absolute atomic E-state index is 0.0218. The Kier molecular flexibility index (Phi) is 6.08. The minimum Gasteiger partial charge on any atom is -0.481 e. The Balaban J connectivity index is 1.72. The highest BCUT2D eigenvalue weighted by Crippen LogP contribution is 2.31. The highest BCUT2D eigenvalue weighted by Gasteiger charge is 2.20. The molecule has 4 nitrogen and oxygen atoms in total. The van der Waals surface area contributed by atoms with Crippen LogP contribution in [-0.2, 0) is 4.79 Å². The molecule has 26 heavy (non-hydrogen) atoms.